The van der Waals surface area contributed by atoms with Gasteiger partial charge in [-0.1, -0.05) is 11.6 Å². The second kappa shape index (κ2) is 5.28. The number of hydrogen-bond donors (Lipinski definition) is 1. The third-order valence-corrected chi connectivity index (χ3v) is 5.40. The van der Waals surface area contributed by atoms with E-state index in [2.05, 4.69) is 0 Å². The maximum atomic E-state index is 12.6. The van der Waals surface area contributed by atoms with E-state index >= 15 is 0 Å². The number of ether oxygens (including phenoxy) is 1. The van der Waals surface area contributed by atoms with Crippen LogP contribution in [0.15, 0.2) is 17.0 Å². The number of sulfonamides is 1. The summed E-state index contributed by atoms with van der Waals surface area (Å²) in [4.78, 5) is 0.173. The summed E-state index contributed by atoms with van der Waals surface area (Å²) in [6, 6.07) is 3.00. The smallest absolute Gasteiger partial charge is 0.243 e. The van der Waals surface area contributed by atoms with Gasteiger partial charge in [0.1, 0.15) is 0 Å². The molecule has 0 saturated carbocycles. The van der Waals surface area contributed by atoms with Crippen LogP contribution in [-0.2, 0) is 14.8 Å². The lowest BCUT2D eigenvalue weighted by molar-refractivity contribution is 0.0102. The molecule has 0 aliphatic carbocycles. The molecule has 0 bridgehead atoms. The Morgan fingerprint density at radius 2 is 2.16 bits per heavy atom. The molecular formula is C12H17ClN2O3S. The number of rotatable bonds is 2. The van der Waals surface area contributed by atoms with Crippen LogP contribution in [0.25, 0.3) is 0 Å². The first-order valence-corrected chi connectivity index (χ1v) is 7.81. The van der Waals surface area contributed by atoms with Crippen LogP contribution in [0, 0.1) is 6.92 Å². The second-order valence-corrected chi connectivity index (χ2v) is 7.01. The highest BCUT2D eigenvalue weighted by atomic mass is 35.5. The average Bonchev–Trinajstić information content (AvgIpc) is 2.33. The third kappa shape index (κ3) is 2.86. The zero-order chi connectivity index (χ0) is 14.2. The Hall–Kier alpha value is -0.820. The molecule has 7 heteroatoms. The van der Waals surface area contributed by atoms with Crippen molar-refractivity contribution in [2.24, 2.45) is 0 Å². The van der Waals surface area contributed by atoms with E-state index in [9.17, 15) is 8.42 Å². The quantitative estimate of drug-likeness (QED) is 0.843. The fraction of sp³-hybridized carbons (Fsp3) is 0.500. The first-order chi connectivity index (χ1) is 8.82. The normalized spacial score (nSPS) is 21.5. The number of nitrogen functional groups attached to an aromatic ring is 1. The Balaban J connectivity index is 2.45. The first-order valence-electron chi connectivity index (χ1n) is 5.99. The molecule has 1 unspecified atom stereocenters. The number of anilines is 1. The van der Waals surface area contributed by atoms with Gasteiger partial charge in [0, 0.05) is 23.8 Å². The largest absolute Gasteiger partial charge is 0.398 e. The summed E-state index contributed by atoms with van der Waals surface area (Å²) in [5, 5.41) is 0.322. The molecule has 1 saturated heterocycles. The third-order valence-electron chi connectivity index (χ3n) is 3.19. The standard InChI is InChI=1S/C12H17ClN2O3S/c1-8-7-15(3-4-18-8)19(16,17)12-6-10(13)5-11(14)9(12)2/h5-6,8H,3-4,7,14H2,1-2H3. The van der Waals surface area contributed by atoms with Crippen LogP contribution in [0.3, 0.4) is 0 Å². The maximum absolute atomic E-state index is 12.6. The molecule has 106 valence electrons. The van der Waals surface area contributed by atoms with Crippen molar-refractivity contribution in [3.63, 3.8) is 0 Å². The van der Waals surface area contributed by atoms with Crippen LogP contribution in [0.4, 0.5) is 5.69 Å². The van der Waals surface area contributed by atoms with Crippen molar-refractivity contribution >= 4 is 27.3 Å². The van der Waals surface area contributed by atoms with Gasteiger partial charge in [0.15, 0.2) is 0 Å². The highest BCUT2D eigenvalue weighted by Crippen LogP contribution is 2.29. The molecule has 1 heterocycles. The molecule has 2 rings (SSSR count). The van der Waals surface area contributed by atoms with Crippen molar-refractivity contribution in [3.05, 3.63) is 22.7 Å². The Kier molecular flexibility index (Phi) is 4.06. The molecule has 1 atom stereocenters. The lowest BCUT2D eigenvalue weighted by Gasteiger charge is -2.30. The van der Waals surface area contributed by atoms with E-state index in [1.807, 2.05) is 6.92 Å². The van der Waals surface area contributed by atoms with Crippen LogP contribution >= 0.6 is 11.6 Å². The molecule has 1 aliphatic rings. The first kappa shape index (κ1) is 14.6. The fourth-order valence-electron chi connectivity index (χ4n) is 2.09. The van der Waals surface area contributed by atoms with Crippen molar-refractivity contribution < 1.29 is 13.2 Å². The van der Waals surface area contributed by atoms with Crippen molar-refractivity contribution in [2.45, 2.75) is 24.8 Å². The van der Waals surface area contributed by atoms with Crippen molar-refractivity contribution in [3.8, 4) is 0 Å². The number of halogens is 1. The van der Waals surface area contributed by atoms with E-state index in [1.54, 1.807) is 13.0 Å². The monoisotopic (exact) mass is 304 g/mol. The van der Waals surface area contributed by atoms with Gasteiger partial charge < -0.3 is 10.5 Å². The van der Waals surface area contributed by atoms with Crippen LogP contribution in [-0.4, -0.2) is 38.5 Å². The number of nitrogens with two attached hydrogens (primary N) is 1. The minimum absolute atomic E-state index is 0.111. The molecule has 1 aliphatic heterocycles. The molecular weight excluding hydrogens is 288 g/mol. The van der Waals surface area contributed by atoms with Gasteiger partial charge in [-0.3, -0.25) is 0 Å². The Morgan fingerprint density at radius 3 is 2.79 bits per heavy atom. The van der Waals surface area contributed by atoms with Crippen molar-refractivity contribution in [2.75, 3.05) is 25.4 Å². The summed E-state index contributed by atoms with van der Waals surface area (Å²) >= 11 is 5.91. The molecule has 1 aromatic rings. The summed E-state index contributed by atoms with van der Waals surface area (Å²) in [6.45, 7) is 4.62. The van der Waals surface area contributed by atoms with E-state index < -0.39 is 10.0 Å². The van der Waals surface area contributed by atoms with E-state index in [4.69, 9.17) is 22.1 Å². The SMILES string of the molecule is Cc1c(N)cc(Cl)cc1S(=O)(=O)N1CCOC(C)C1. The van der Waals surface area contributed by atoms with E-state index in [0.29, 0.717) is 36.0 Å². The van der Waals surface area contributed by atoms with Crippen LogP contribution in [0.1, 0.15) is 12.5 Å². The summed E-state index contributed by atoms with van der Waals surface area (Å²) in [5.74, 6) is 0. The number of nitrogens with zero attached hydrogens (tertiary/aromatic N) is 1. The topological polar surface area (TPSA) is 72.6 Å². The predicted octanol–water partition coefficient (Wildman–Crippen LogP) is 1.64. The summed E-state index contributed by atoms with van der Waals surface area (Å²) < 4.78 is 32.0. The summed E-state index contributed by atoms with van der Waals surface area (Å²) in [5.41, 5.74) is 6.70. The van der Waals surface area contributed by atoms with Gasteiger partial charge in [-0.25, -0.2) is 8.42 Å². The molecule has 2 N–H and O–H groups in total. The summed E-state index contributed by atoms with van der Waals surface area (Å²) in [6.07, 6.45) is -0.111. The van der Waals surface area contributed by atoms with Crippen LogP contribution in [0.2, 0.25) is 5.02 Å². The molecule has 1 fully saturated rings. The van der Waals surface area contributed by atoms with Crippen molar-refractivity contribution in [1.29, 1.82) is 0 Å². The van der Waals surface area contributed by atoms with Crippen molar-refractivity contribution in [1.82, 2.24) is 4.31 Å². The molecule has 0 aromatic heterocycles. The van der Waals surface area contributed by atoms with Gasteiger partial charge in [-0.15, -0.1) is 0 Å². The Labute approximate surface area is 118 Å². The minimum atomic E-state index is -3.58. The lowest BCUT2D eigenvalue weighted by atomic mass is 10.2. The van der Waals surface area contributed by atoms with Gasteiger partial charge in [0.25, 0.3) is 0 Å². The van der Waals surface area contributed by atoms with Gasteiger partial charge in [0.05, 0.1) is 17.6 Å². The van der Waals surface area contributed by atoms with Crippen LogP contribution < -0.4 is 5.73 Å². The molecule has 1 aromatic carbocycles. The average molecular weight is 305 g/mol. The molecule has 5 nitrogen and oxygen atoms in total. The Bertz CT molecular complexity index is 589. The maximum Gasteiger partial charge on any atom is 0.243 e. The number of morpholine rings is 1. The zero-order valence-electron chi connectivity index (χ0n) is 10.9. The highest BCUT2D eigenvalue weighted by molar-refractivity contribution is 7.89. The van der Waals surface area contributed by atoms with Gasteiger partial charge in [-0.2, -0.15) is 4.31 Å². The van der Waals surface area contributed by atoms with E-state index in [1.165, 1.54) is 10.4 Å². The zero-order valence-corrected chi connectivity index (χ0v) is 12.5. The van der Waals surface area contributed by atoms with Gasteiger partial charge in [0.2, 0.25) is 10.0 Å². The minimum Gasteiger partial charge on any atom is -0.398 e. The molecule has 0 radical (unpaired) electrons. The van der Waals surface area contributed by atoms with Gasteiger partial charge >= 0.3 is 0 Å². The highest BCUT2D eigenvalue weighted by Gasteiger charge is 2.30. The lowest BCUT2D eigenvalue weighted by Crippen LogP contribution is -2.44. The second-order valence-electron chi connectivity index (χ2n) is 4.66. The molecule has 0 spiro atoms. The number of benzene rings is 1. The van der Waals surface area contributed by atoms with E-state index in [-0.39, 0.29) is 11.0 Å². The molecule has 19 heavy (non-hydrogen) atoms. The van der Waals surface area contributed by atoms with Crippen LogP contribution in [0.5, 0.6) is 0 Å². The molecule has 0 amide bonds. The predicted molar refractivity (Wildman–Crippen MR) is 74.8 cm³/mol. The van der Waals surface area contributed by atoms with E-state index in [0.717, 1.165) is 0 Å². The fourth-order valence-corrected chi connectivity index (χ4v) is 4.16. The van der Waals surface area contributed by atoms with Gasteiger partial charge in [-0.05, 0) is 31.5 Å². The Morgan fingerprint density at radius 1 is 1.47 bits per heavy atom. The number of hydrogen-bond acceptors (Lipinski definition) is 4. The summed E-state index contributed by atoms with van der Waals surface area (Å²) in [7, 11) is -3.58.